The Kier molecular flexibility index (Phi) is 44.5. The van der Waals surface area contributed by atoms with Gasteiger partial charge in [-0.05, 0) is 81.4 Å². The van der Waals surface area contributed by atoms with Crippen LogP contribution in [0.2, 0.25) is 0 Å². The first kappa shape index (κ1) is 54.8. The second-order valence-corrected chi connectivity index (χ2v) is 8.89. The van der Waals surface area contributed by atoms with Gasteiger partial charge >= 0.3 is 0 Å². The van der Waals surface area contributed by atoms with Crippen molar-refractivity contribution in [2.75, 3.05) is 0 Å². The van der Waals surface area contributed by atoms with Gasteiger partial charge in [0.25, 0.3) is 0 Å². The van der Waals surface area contributed by atoms with Gasteiger partial charge in [-0.3, -0.25) is 29.9 Å². The van der Waals surface area contributed by atoms with E-state index in [0.717, 1.165) is 57.2 Å². The zero-order valence-electron chi connectivity index (χ0n) is 35.2. The van der Waals surface area contributed by atoms with Gasteiger partial charge in [0.15, 0.2) is 0 Å². The molecule has 0 amide bonds. The van der Waals surface area contributed by atoms with Crippen molar-refractivity contribution >= 4 is 0 Å². The van der Waals surface area contributed by atoms with Gasteiger partial charge in [0.1, 0.15) is 11.6 Å². The normalized spacial score (nSPS) is 8.00. The molecule has 5 aromatic heterocycles. The maximum absolute atomic E-state index is 4.11. The van der Waals surface area contributed by atoms with Crippen molar-refractivity contribution in [3.05, 3.63) is 119 Å². The molecule has 0 saturated carbocycles. The Morgan fingerprint density at radius 3 is 0.680 bits per heavy atom. The SMILES string of the molecule is CC.CC.CC.CC.CC.Cc1ccnc(C)n1.Cc1ccnc(C)n1.Cc1cnc(C)cn1.Cc1cnc(C)cn1.Cc1cncc(C)n1. The van der Waals surface area contributed by atoms with E-state index < -0.39 is 0 Å². The summed E-state index contributed by atoms with van der Waals surface area (Å²) >= 11 is 0. The van der Waals surface area contributed by atoms with Crippen LogP contribution in [0.25, 0.3) is 0 Å². The summed E-state index contributed by atoms with van der Waals surface area (Å²) in [5.41, 5.74) is 7.88. The minimum absolute atomic E-state index is 0.838. The maximum atomic E-state index is 4.11. The summed E-state index contributed by atoms with van der Waals surface area (Å²) in [5.74, 6) is 1.68. The third-order valence-electron chi connectivity index (χ3n) is 4.53. The monoisotopic (exact) mass is 691 g/mol. The average Bonchev–Trinajstić information content (AvgIpc) is 3.13. The number of hydrogen-bond acceptors (Lipinski definition) is 10. The zero-order valence-corrected chi connectivity index (χ0v) is 35.2. The maximum Gasteiger partial charge on any atom is 0.125 e. The highest BCUT2D eigenvalue weighted by molar-refractivity contribution is 5.00. The van der Waals surface area contributed by atoms with Crippen molar-refractivity contribution in [3.8, 4) is 0 Å². The molecule has 10 nitrogen and oxygen atoms in total. The molecule has 5 heterocycles. The largest absolute Gasteiger partial charge is 0.261 e. The predicted octanol–water partition coefficient (Wildman–Crippen LogP) is 10.6. The molecule has 50 heavy (non-hydrogen) atoms. The molecule has 0 aliphatic carbocycles. The van der Waals surface area contributed by atoms with Gasteiger partial charge in [-0.1, -0.05) is 69.2 Å². The molecule has 0 aromatic carbocycles. The van der Waals surface area contributed by atoms with Gasteiger partial charge in [-0.2, -0.15) is 0 Å². The number of aromatic nitrogens is 10. The summed E-state index contributed by atoms with van der Waals surface area (Å²) in [6, 6.07) is 3.76. The van der Waals surface area contributed by atoms with Crippen molar-refractivity contribution in [3.63, 3.8) is 0 Å². The van der Waals surface area contributed by atoms with Crippen molar-refractivity contribution in [1.29, 1.82) is 0 Å². The molecule has 0 aliphatic heterocycles. The highest BCUT2D eigenvalue weighted by Crippen LogP contribution is 1.92. The standard InChI is InChI=1S/5C6H8N2.5C2H6/c2*1-5-3-8-6(2)4-7-5;1-5-3-7-4-6(2)8-5;2*1-5-3-4-7-6(2)8-5;5*1-2/h5*3-4H,1-2H3;5*1-2H3. The van der Waals surface area contributed by atoms with Gasteiger partial charge in [-0.25, -0.2) is 19.9 Å². The fourth-order valence-electron chi connectivity index (χ4n) is 2.65. The van der Waals surface area contributed by atoms with E-state index in [0.29, 0.717) is 0 Å². The molecular formula is C40H70N10. The first-order valence-corrected chi connectivity index (χ1v) is 17.7. The topological polar surface area (TPSA) is 129 Å². The lowest BCUT2D eigenvalue weighted by molar-refractivity contribution is 1.01. The molecule has 0 spiro atoms. The highest BCUT2D eigenvalue weighted by Gasteiger charge is 1.86. The number of hydrogen-bond donors (Lipinski definition) is 0. The highest BCUT2D eigenvalue weighted by atomic mass is 14.9. The molecule has 10 heteroatoms. The molecule has 0 unspecified atom stereocenters. The Bertz CT molecular complexity index is 1150. The van der Waals surface area contributed by atoms with Crippen molar-refractivity contribution < 1.29 is 0 Å². The summed E-state index contributed by atoms with van der Waals surface area (Å²) < 4.78 is 0. The molecule has 0 saturated heterocycles. The van der Waals surface area contributed by atoms with E-state index in [4.69, 9.17) is 0 Å². The minimum Gasteiger partial charge on any atom is -0.261 e. The van der Waals surface area contributed by atoms with E-state index in [2.05, 4.69) is 49.8 Å². The minimum atomic E-state index is 0.838. The molecular weight excluding hydrogens is 621 g/mol. The van der Waals surface area contributed by atoms with E-state index in [1.54, 1.807) is 49.6 Å². The third kappa shape index (κ3) is 37.9. The number of nitrogens with zero attached hydrogens (tertiary/aromatic N) is 10. The molecule has 0 atom stereocenters. The zero-order chi connectivity index (χ0) is 39.9. The van der Waals surface area contributed by atoms with Gasteiger partial charge in [0, 0.05) is 61.0 Å². The van der Waals surface area contributed by atoms with E-state index in [1.807, 2.05) is 151 Å². The summed E-state index contributed by atoms with van der Waals surface area (Å²) in [5, 5.41) is 0. The summed E-state index contributed by atoms with van der Waals surface area (Å²) in [6.45, 7) is 39.2. The van der Waals surface area contributed by atoms with Crippen LogP contribution in [0.1, 0.15) is 126 Å². The van der Waals surface area contributed by atoms with E-state index >= 15 is 0 Å². The average molecular weight is 691 g/mol. The lowest BCUT2D eigenvalue weighted by Crippen LogP contribution is -1.86. The molecule has 0 aliphatic rings. The Labute approximate surface area is 306 Å². The fraction of sp³-hybridized carbons (Fsp3) is 0.500. The first-order valence-electron chi connectivity index (χ1n) is 17.7. The summed E-state index contributed by atoms with van der Waals surface area (Å²) in [6.07, 6.45) is 14.0. The molecule has 5 rings (SSSR count). The molecule has 280 valence electrons. The van der Waals surface area contributed by atoms with Crippen molar-refractivity contribution in [2.24, 2.45) is 0 Å². The molecule has 0 N–H and O–H groups in total. The van der Waals surface area contributed by atoms with E-state index in [-0.39, 0.29) is 0 Å². The molecule has 5 aromatic rings. The van der Waals surface area contributed by atoms with Crippen molar-refractivity contribution in [2.45, 2.75) is 138 Å². The third-order valence-corrected chi connectivity index (χ3v) is 4.53. The van der Waals surface area contributed by atoms with Crippen LogP contribution in [-0.2, 0) is 0 Å². The second-order valence-electron chi connectivity index (χ2n) is 8.89. The van der Waals surface area contributed by atoms with Crippen molar-refractivity contribution in [1.82, 2.24) is 49.8 Å². The number of rotatable bonds is 0. The smallest absolute Gasteiger partial charge is 0.125 e. The summed E-state index contributed by atoms with van der Waals surface area (Å²) in [7, 11) is 0. The first-order chi connectivity index (χ1) is 23.9. The van der Waals surface area contributed by atoms with E-state index in [9.17, 15) is 0 Å². The number of aryl methyl sites for hydroxylation is 10. The Morgan fingerprint density at radius 2 is 0.540 bits per heavy atom. The fourth-order valence-corrected chi connectivity index (χ4v) is 2.65. The van der Waals surface area contributed by atoms with Gasteiger partial charge in [0.2, 0.25) is 0 Å². The van der Waals surface area contributed by atoms with Crippen LogP contribution in [0.5, 0.6) is 0 Å². The lowest BCUT2D eigenvalue weighted by atomic mass is 10.4. The predicted molar refractivity (Wildman–Crippen MR) is 214 cm³/mol. The Balaban J connectivity index is -0.000000158. The van der Waals surface area contributed by atoms with Crippen LogP contribution >= 0.6 is 0 Å². The summed E-state index contributed by atoms with van der Waals surface area (Å²) in [4.78, 5) is 40.1. The Morgan fingerprint density at radius 1 is 0.280 bits per heavy atom. The molecule has 0 radical (unpaired) electrons. The Hall–Kier alpha value is -4.60. The van der Waals surface area contributed by atoms with Gasteiger partial charge in [0.05, 0.1) is 34.2 Å². The van der Waals surface area contributed by atoms with Crippen LogP contribution < -0.4 is 0 Å². The van der Waals surface area contributed by atoms with Crippen LogP contribution in [0, 0.1) is 69.2 Å². The van der Waals surface area contributed by atoms with Crippen LogP contribution in [-0.4, -0.2) is 49.8 Å². The quantitative estimate of drug-likeness (QED) is 0.155. The second kappa shape index (κ2) is 40.6. The molecule has 0 fully saturated rings. The lowest BCUT2D eigenvalue weighted by Gasteiger charge is -1.89. The van der Waals surface area contributed by atoms with Crippen LogP contribution in [0.3, 0.4) is 0 Å². The molecule has 0 bridgehead atoms. The van der Waals surface area contributed by atoms with Crippen LogP contribution in [0.15, 0.2) is 61.7 Å². The van der Waals surface area contributed by atoms with E-state index in [1.165, 1.54) is 0 Å². The van der Waals surface area contributed by atoms with Gasteiger partial charge in [-0.15, -0.1) is 0 Å². The van der Waals surface area contributed by atoms with Crippen LogP contribution in [0.4, 0.5) is 0 Å². The van der Waals surface area contributed by atoms with Gasteiger partial charge < -0.3 is 0 Å².